The lowest BCUT2D eigenvalue weighted by Crippen LogP contribution is -2.63. The van der Waals surface area contributed by atoms with Gasteiger partial charge in [0.1, 0.15) is 17.4 Å². The minimum absolute atomic E-state index is 0.243. The molecular weight excluding hydrogens is 329 g/mol. The van der Waals surface area contributed by atoms with E-state index in [1.807, 2.05) is 0 Å². The molecule has 140 valence electrons. The highest BCUT2D eigenvalue weighted by atomic mass is 31.2. The van der Waals surface area contributed by atoms with Gasteiger partial charge in [0.05, 0.1) is 0 Å². The highest BCUT2D eigenvalue weighted by Gasteiger charge is 2.36. The standard InChI is InChI=1S/C9H30N9O4P/c1-4-7(10,11)16-20-23(19,21-17-8(12,13)5-2)22-18-9(14,15)6-3/h16-18H,4-6,10-15H2,1-3H3. The van der Waals surface area contributed by atoms with Crippen molar-refractivity contribution in [1.82, 2.24) is 16.4 Å². The number of hydroxylamine groups is 3. The van der Waals surface area contributed by atoms with Gasteiger partial charge < -0.3 is 0 Å². The van der Waals surface area contributed by atoms with Crippen LogP contribution in [0.5, 0.6) is 0 Å². The number of phosphoric acid groups is 1. The van der Waals surface area contributed by atoms with E-state index in [0.29, 0.717) is 0 Å². The third-order valence-electron chi connectivity index (χ3n) is 2.80. The Morgan fingerprint density at radius 2 is 0.913 bits per heavy atom. The van der Waals surface area contributed by atoms with Crippen LogP contribution in [0, 0.1) is 0 Å². The summed E-state index contributed by atoms with van der Waals surface area (Å²) < 4.78 is 27.0. The maximum absolute atomic E-state index is 12.5. The first-order valence-corrected chi connectivity index (χ1v) is 8.47. The van der Waals surface area contributed by atoms with E-state index < -0.39 is 25.2 Å². The van der Waals surface area contributed by atoms with E-state index in [4.69, 9.17) is 48.3 Å². The summed E-state index contributed by atoms with van der Waals surface area (Å²) in [6.45, 7) is 5.01. The van der Waals surface area contributed by atoms with Crippen molar-refractivity contribution in [3.8, 4) is 0 Å². The Kier molecular flexibility index (Phi) is 8.64. The third kappa shape index (κ3) is 9.59. The molecule has 0 saturated carbocycles. The summed E-state index contributed by atoms with van der Waals surface area (Å²) in [5, 5.41) is 0. The Labute approximate surface area is 135 Å². The summed E-state index contributed by atoms with van der Waals surface area (Å²) in [6.07, 6.45) is 0.730. The van der Waals surface area contributed by atoms with Crippen LogP contribution in [0.2, 0.25) is 0 Å². The fraction of sp³-hybridized carbons (Fsp3) is 1.00. The molecule has 0 aliphatic carbocycles. The van der Waals surface area contributed by atoms with Gasteiger partial charge in [0.25, 0.3) is 0 Å². The second-order valence-electron chi connectivity index (χ2n) is 5.21. The second kappa shape index (κ2) is 8.73. The molecule has 14 heteroatoms. The van der Waals surface area contributed by atoms with E-state index in [1.165, 1.54) is 0 Å². The van der Waals surface area contributed by atoms with Crippen molar-refractivity contribution in [3.63, 3.8) is 0 Å². The van der Waals surface area contributed by atoms with Crippen LogP contribution in [0.15, 0.2) is 0 Å². The summed E-state index contributed by atoms with van der Waals surface area (Å²) in [5.74, 6) is -4.45. The Morgan fingerprint density at radius 1 is 0.696 bits per heavy atom. The molecule has 13 nitrogen and oxygen atoms in total. The molecule has 0 aromatic heterocycles. The molecule has 0 aromatic rings. The summed E-state index contributed by atoms with van der Waals surface area (Å²) >= 11 is 0. The lowest BCUT2D eigenvalue weighted by molar-refractivity contribution is -0.0455. The fourth-order valence-electron chi connectivity index (χ4n) is 0.695. The number of hydrogen-bond donors (Lipinski definition) is 9. The van der Waals surface area contributed by atoms with Gasteiger partial charge in [-0.3, -0.25) is 34.4 Å². The van der Waals surface area contributed by atoms with E-state index >= 15 is 0 Å². The van der Waals surface area contributed by atoms with Crippen LogP contribution in [0.3, 0.4) is 0 Å². The average Bonchev–Trinajstić information content (AvgIpc) is 2.50. The van der Waals surface area contributed by atoms with Gasteiger partial charge >= 0.3 is 7.82 Å². The van der Waals surface area contributed by atoms with E-state index in [-0.39, 0.29) is 19.3 Å². The van der Waals surface area contributed by atoms with E-state index in [2.05, 4.69) is 16.4 Å². The van der Waals surface area contributed by atoms with Gasteiger partial charge in [-0.15, -0.1) is 0 Å². The van der Waals surface area contributed by atoms with Crippen LogP contribution in [-0.2, 0) is 18.4 Å². The molecule has 0 unspecified atom stereocenters. The van der Waals surface area contributed by atoms with Crippen molar-refractivity contribution in [1.29, 1.82) is 0 Å². The van der Waals surface area contributed by atoms with Gasteiger partial charge in [-0.1, -0.05) is 20.8 Å². The average molecular weight is 359 g/mol. The molecular formula is C9H30N9O4P. The zero-order valence-electron chi connectivity index (χ0n) is 13.7. The Bertz CT molecular complexity index is 349. The number of rotatable bonds is 12. The first-order valence-electron chi connectivity index (χ1n) is 7.01. The molecule has 0 saturated heterocycles. The molecule has 0 atom stereocenters. The van der Waals surface area contributed by atoms with Crippen molar-refractivity contribution in [2.24, 2.45) is 34.4 Å². The lowest BCUT2D eigenvalue weighted by atomic mass is 10.3. The first-order chi connectivity index (χ1) is 10.3. The molecule has 0 heterocycles. The molecule has 0 aliphatic heterocycles. The maximum atomic E-state index is 12.5. The molecule has 0 aromatic carbocycles. The molecule has 0 spiro atoms. The molecule has 0 aliphatic rings. The highest BCUT2D eigenvalue weighted by Crippen LogP contribution is 2.47. The van der Waals surface area contributed by atoms with Crippen LogP contribution in [0.1, 0.15) is 40.0 Å². The zero-order valence-corrected chi connectivity index (χ0v) is 14.6. The summed E-state index contributed by atoms with van der Waals surface area (Å²) in [5.41, 5.74) is 40.1. The van der Waals surface area contributed by atoms with E-state index in [1.54, 1.807) is 20.8 Å². The number of hydrogen-bond acceptors (Lipinski definition) is 13. The summed E-state index contributed by atoms with van der Waals surface area (Å²) in [6, 6.07) is 0. The quantitative estimate of drug-likeness (QED) is 0.100. The van der Waals surface area contributed by atoms with E-state index in [0.717, 1.165) is 0 Å². The first kappa shape index (κ1) is 22.8. The Morgan fingerprint density at radius 3 is 1.09 bits per heavy atom. The van der Waals surface area contributed by atoms with Gasteiger partial charge in [0, 0.05) is 0 Å². The predicted octanol–water partition coefficient (Wildman–Crippen LogP) is -2.40. The largest absolute Gasteiger partial charge is 0.524 e. The molecule has 0 bridgehead atoms. The Balaban J connectivity index is 4.93. The second-order valence-corrected chi connectivity index (χ2v) is 6.65. The monoisotopic (exact) mass is 359 g/mol. The number of nitrogens with one attached hydrogen (secondary N) is 3. The molecule has 0 fully saturated rings. The van der Waals surface area contributed by atoms with Crippen molar-refractivity contribution in [3.05, 3.63) is 0 Å². The molecule has 0 radical (unpaired) electrons. The molecule has 23 heavy (non-hydrogen) atoms. The van der Waals surface area contributed by atoms with Crippen LogP contribution in [-0.4, -0.2) is 17.4 Å². The summed E-state index contributed by atoms with van der Waals surface area (Å²) in [7, 11) is -4.36. The van der Waals surface area contributed by atoms with Crippen LogP contribution in [0.25, 0.3) is 0 Å². The summed E-state index contributed by atoms with van der Waals surface area (Å²) in [4.78, 5) is 0. The van der Waals surface area contributed by atoms with Crippen LogP contribution < -0.4 is 50.8 Å². The van der Waals surface area contributed by atoms with Gasteiger partial charge in [0.15, 0.2) is 0 Å². The van der Waals surface area contributed by atoms with Gasteiger partial charge in [-0.25, -0.2) is 4.57 Å². The normalized spacial score (nSPS) is 14.3. The van der Waals surface area contributed by atoms with Crippen molar-refractivity contribution in [2.45, 2.75) is 57.4 Å². The zero-order chi connectivity index (χ0) is 18.4. The fourth-order valence-corrected chi connectivity index (χ4v) is 1.65. The highest BCUT2D eigenvalue weighted by molar-refractivity contribution is 7.48. The molecule has 15 N–H and O–H groups in total. The van der Waals surface area contributed by atoms with Crippen molar-refractivity contribution < 1.29 is 18.4 Å². The van der Waals surface area contributed by atoms with Gasteiger partial charge in [-0.2, -0.15) is 30.3 Å². The lowest BCUT2D eigenvalue weighted by Gasteiger charge is -2.30. The third-order valence-corrected chi connectivity index (χ3v) is 3.74. The van der Waals surface area contributed by atoms with Crippen LogP contribution >= 0.6 is 7.82 Å². The van der Waals surface area contributed by atoms with E-state index in [9.17, 15) is 4.57 Å². The Hall–Kier alpha value is -0.250. The number of nitrogens with two attached hydrogens (primary N) is 6. The smallest absolute Gasteiger partial charge is 0.299 e. The molecule has 0 amide bonds. The predicted molar refractivity (Wildman–Crippen MR) is 84.5 cm³/mol. The SMILES string of the molecule is CCC(N)(N)NOP(=O)(ONC(N)(N)CC)ONC(N)(N)CC. The van der Waals surface area contributed by atoms with Crippen LogP contribution in [0.4, 0.5) is 0 Å². The maximum Gasteiger partial charge on any atom is 0.524 e. The minimum atomic E-state index is -4.36. The van der Waals surface area contributed by atoms with Gasteiger partial charge in [-0.05, 0) is 19.3 Å². The topological polar surface area (TPSA) is 237 Å². The van der Waals surface area contributed by atoms with Gasteiger partial charge in [0.2, 0.25) is 0 Å². The minimum Gasteiger partial charge on any atom is -0.299 e. The van der Waals surface area contributed by atoms with Crippen molar-refractivity contribution >= 4 is 7.82 Å². The molecule has 0 rings (SSSR count). The van der Waals surface area contributed by atoms with Crippen molar-refractivity contribution in [2.75, 3.05) is 0 Å².